The predicted molar refractivity (Wildman–Crippen MR) is 128 cm³/mol. The maximum Gasteiger partial charge on any atom is 0.273 e. The van der Waals surface area contributed by atoms with E-state index in [2.05, 4.69) is 5.32 Å². The molecule has 1 aliphatic carbocycles. The van der Waals surface area contributed by atoms with Gasteiger partial charge in [0.05, 0.1) is 7.11 Å². The van der Waals surface area contributed by atoms with Crippen LogP contribution in [0, 0.1) is 23.5 Å². The molecule has 1 heterocycles. The van der Waals surface area contributed by atoms with Crippen molar-refractivity contribution in [3.63, 3.8) is 0 Å². The number of hydrogen-bond acceptors (Lipinski definition) is 4. The van der Waals surface area contributed by atoms with E-state index in [1.807, 2.05) is 38.1 Å². The second-order valence-electron chi connectivity index (χ2n) is 9.90. The summed E-state index contributed by atoms with van der Waals surface area (Å²) in [6.45, 7) is 3.79. The molecular weight excluding hydrogens is 468 g/mol. The van der Waals surface area contributed by atoms with Crippen LogP contribution in [0.3, 0.4) is 0 Å². The van der Waals surface area contributed by atoms with Crippen molar-refractivity contribution in [3.05, 3.63) is 70.8 Å². The molecule has 0 saturated carbocycles. The van der Waals surface area contributed by atoms with Crippen molar-refractivity contribution in [3.8, 4) is 0 Å². The molecule has 1 saturated heterocycles. The minimum absolute atomic E-state index is 0.00249. The van der Waals surface area contributed by atoms with Gasteiger partial charge in [0, 0.05) is 18.7 Å². The second kappa shape index (κ2) is 10.3. The highest BCUT2D eigenvalue weighted by molar-refractivity contribution is 6.00. The third kappa shape index (κ3) is 4.84. The SMILES string of the molecule is CON(C)C(=O)C(c1ccc(F)cc1F)N1C(=O)C(C2Cc3ccccc3C2)NC(=O)C1CC(C)C. The van der Waals surface area contributed by atoms with E-state index in [-0.39, 0.29) is 23.8 Å². The number of halogens is 2. The first-order valence-electron chi connectivity index (χ1n) is 12.1. The minimum Gasteiger partial charge on any atom is -0.342 e. The number of rotatable bonds is 7. The van der Waals surface area contributed by atoms with Gasteiger partial charge in [0.25, 0.3) is 5.91 Å². The van der Waals surface area contributed by atoms with E-state index in [0.717, 1.165) is 28.3 Å². The average Bonchev–Trinajstić information content (AvgIpc) is 3.27. The number of nitrogens with one attached hydrogen (secondary N) is 1. The Labute approximate surface area is 209 Å². The number of hydroxylamine groups is 2. The van der Waals surface area contributed by atoms with Gasteiger partial charge in [-0.1, -0.05) is 44.2 Å². The molecule has 0 spiro atoms. The van der Waals surface area contributed by atoms with Crippen LogP contribution in [0.25, 0.3) is 0 Å². The number of likely N-dealkylation sites (N-methyl/N-ethyl adjacent to an activating group) is 1. The van der Waals surface area contributed by atoms with E-state index in [0.29, 0.717) is 18.9 Å². The Morgan fingerprint density at radius 2 is 1.78 bits per heavy atom. The van der Waals surface area contributed by atoms with Gasteiger partial charge in [0.1, 0.15) is 29.8 Å². The predicted octanol–water partition coefficient (Wildman–Crippen LogP) is 3.18. The van der Waals surface area contributed by atoms with E-state index < -0.39 is 47.5 Å². The molecule has 3 unspecified atom stereocenters. The molecule has 192 valence electrons. The molecule has 0 aromatic heterocycles. The fraction of sp³-hybridized carbons (Fsp3) is 0.444. The molecule has 7 nitrogen and oxygen atoms in total. The van der Waals surface area contributed by atoms with Crippen molar-refractivity contribution < 1.29 is 28.0 Å². The number of fused-ring (bicyclic) bond motifs is 1. The second-order valence-corrected chi connectivity index (χ2v) is 9.90. The molecule has 1 aliphatic heterocycles. The topological polar surface area (TPSA) is 79.0 Å². The van der Waals surface area contributed by atoms with E-state index in [1.54, 1.807) is 0 Å². The monoisotopic (exact) mass is 499 g/mol. The van der Waals surface area contributed by atoms with Gasteiger partial charge in [-0.3, -0.25) is 19.2 Å². The van der Waals surface area contributed by atoms with Crippen molar-refractivity contribution >= 4 is 17.7 Å². The van der Waals surface area contributed by atoms with Crippen LogP contribution in [-0.2, 0) is 32.1 Å². The Bertz CT molecular complexity index is 1150. The molecule has 3 amide bonds. The van der Waals surface area contributed by atoms with Gasteiger partial charge in [-0.05, 0) is 48.3 Å². The Kier molecular flexibility index (Phi) is 7.40. The van der Waals surface area contributed by atoms with Crippen LogP contribution in [0.2, 0.25) is 0 Å². The van der Waals surface area contributed by atoms with Gasteiger partial charge in [-0.25, -0.2) is 13.8 Å². The average molecular weight is 500 g/mol. The fourth-order valence-corrected chi connectivity index (χ4v) is 5.26. The summed E-state index contributed by atoms with van der Waals surface area (Å²) < 4.78 is 28.8. The molecule has 2 aliphatic rings. The number of carbonyl (C=O) groups is 3. The standard InChI is InChI=1S/C27H31F2N3O4/c1-15(2)11-22-25(33)30-23(18-12-16-7-5-6-8-17(16)13-18)26(34)32(22)24(27(35)31(3)36-4)20-10-9-19(28)14-21(20)29/h5-10,14-15,18,22-24H,11-13H2,1-4H3,(H,30,33). The Morgan fingerprint density at radius 1 is 1.14 bits per heavy atom. The smallest absolute Gasteiger partial charge is 0.273 e. The molecule has 0 bridgehead atoms. The van der Waals surface area contributed by atoms with E-state index in [4.69, 9.17) is 4.84 Å². The van der Waals surface area contributed by atoms with Gasteiger partial charge in [-0.2, -0.15) is 0 Å². The number of carbonyl (C=O) groups excluding carboxylic acids is 3. The van der Waals surface area contributed by atoms with Crippen LogP contribution in [0.15, 0.2) is 42.5 Å². The van der Waals surface area contributed by atoms with Crippen LogP contribution < -0.4 is 5.32 Å². The summed E-state index contributed by atoms with van der Waals surface area (Å²) in [6, 6.07) is 7.28. The third-order valence-corrected chi connectivity index (χ3v) is 7.06. The summed E-state index contributed by atoms with van der Waals surface area (Å²) in [6.07, 6.45) is 1.45. The van der Waals surface area contributed by atoms with Crippen LogP contribution in [-0.4, -0.2) is 53.9 Å². The summed E-state index contributed by atoms with van der Waals surface area (Å²) in [5.74, 6) is -3.62. The van der Waals surface area contributed by atoms with Gasteiger partial charge in [0.2, 0.25) is 11.8 Å². The van der Waals surface area contributed by atoms with E-state index in [1.165, 1.54) is 19.1 Å². The van der Waals surface area contributed by atoms with Gasteiger partial charge in [0.15, 0.2) is 0 Å². The highest BCUT2D eigenvalue weighted by Crippen LogP contribution is 2.36. The number of nitrogens with zero attached hydrogens (tertiary/aromatic N) is 2. The molecule has 3 atom stereocenters. The van der Waals surface area contributed by atoms with Crippen molar-refractivity contribution in [2.75, 3.05) is 14.2 Å². The normalized spacial score (nSPS) is 20.9. The van der Waals surface area contributed by atoms with Crippen molar-refractivity contribution in [2.45, 2.75) is 51.2 Å². The number of amides is 3. The molecule has 2 aromatic rings. The van der Waals surface area contributed by atoms with Crippen molar-refractivity contribution in [2.24, 2.45) is 11.8 Å². The lowest BCUT2D eigenvalue weighted by atomic mass is 9.88. The highest BCUT2D eigenvalue weighted by Gasteiger charge is 2.50. The van der Waals surface area contributed by atoms with E-state index >= 15 is 4.39 Å². The van der Waals surface area contributed by atoms with Crippen LogP contribution in [0.4, 0.5) is 8.78 Å². The summed E-state index contributed by atoms with van der Waals surface area (Å²) in [5, 5.41) is 3.79. The van der Waals surface area contributed by atoms with Crippen LogP contribution in [0.1, 0.15) is 43.0 Å². The lowest BCUT2D eigenvalue weighted by Gasteiger charge is -2.45. The molecule has 36 heavy (non-hydrogen) atoms. The largest absolute Gasteiger partial charge is 0.342 e. The first-order valence-corrected chi connectivity index (χ1v) is 12.1. The van der Waals surface area contributed by atoms with Gasteiger partial charge >= 0.3 is 0 Å². The Morgan fingerprint density at radius 3 is 2.33 bits per heavy atom. The van der Waals surface area contributed by atoms with Crippen molar-refractivity contribution in [1.29, 1.82) is 0 Å². The molecule has 2 aromatic carbocycles. The van der Waals surface area contributed by atoms with Crippen molar-refractivity contribution in [1.82, 2.24) is 15.3 Å². The minimum atomic E-state index is -1.51. The highest BCUT2D eigenvalue weighted by atomic mass is 19.1. The maximum atomic E-state index is 15.1. The van der Waals surface area contributed by atoms with Gasteiger partial charge < -0.3 is 10.2 Å². The summed E-state index contributed by atoms with van der Waals surface area (Å²) in [7, 11) is 2.61. The zero-order valence-electron chi connectivity index (χ0n) is 20.8. The quantitative estimate of drug-likeness (QED) is 0.594. The molecule has 1 fully saturated rings. The summed E-state index contributed by atoms with van der Waals surface area (Å²) >= 11 is 0. The summed E-state index contributed by atoms with van der Waals surface area (Å²) in [5.41, 5.74) is 2.02. The Balaban J connectivity index is 1.79. The zero-order valence-corrected chi connectivity index (χ0v) is 20.8. The summed E-state index contributed by atoms with van der Waals surface area (Å²) in [4.78, 5) is 47.3. The molecule has 9 heteroatoms. The first kappa shape index (κ1) is 25.8. The lowest BCUT2D eigenvalue weighted by Crippen LogP contribution is -2.67. The zero-order chi connectivity index (χ0) is 26.1. The Hall–Kier alpha value is -3.33. The molecular formula is C27H31F2N3O4. The number of benzene rings is 2. The number of piperazine rings is 1. The van der Waals surface area contributed by atoms with E-state index in [9.17, 15) is 18.8 Å². The van der Waals surface area contributed by atoms with Crippen LogP contribution in [0.5, 0.6) is 0 Å². The lowest BCUT2D eigenvalue weighted by molar-refractivity contribution is -0.181. The fourth-order valence-electron chi connectivity index (χ4n) is 5.26. The molecule has 0 radical (unpaired) electrons. The molecule has 1 N–H and O–H groups in total. The third-order valence-electron chi connectivity index (χ3n) is 7.06. The maximum absolute atomic E-state index is 15.1. The number of hydrogen-bond donors (Lipinski definition) is 1. The van der Waals surface area contributed by atoms with Crippen LogP contribution >= 0.6 is 0 Å². The first-order chi connectivity index (χ1) is 17.1. The van der Waals surface area contributed by atoms with Gasteiger partial charge in [-0.15, -0.1) is 0 Å². The molecule has 4 rings (SSSR count).